The largest absolute Gasteiger partial charge is 0.484 e. The average molecular weight is 396 g/mol. The van der Waals surface area contributed by atoms with E-state index in [0.29, 0.717) is 24.7 Å². The average Bonchev–Trinajstić information content (AvgIpc) is 2.72. The van der Waals surface area contributed by atoms with E-state index in [1.807, 2.05) is 42.5 Å². The Balaban J connectivity index is 1.29. The van der Waals surface area contributed by atoms with Gasteiger partial charge in [-0.05, 0) is 54.0 Å². The molecule has 6 heteroatoms. The van der Waals surface area contributed by atoms with E-state index in [1.165, 1.54) is 0 Å². The van der Waals surface area contributed by atoms with Gasteiger partial charge in [0.2, 0.25) is 5.91 Å². The number of benzene rings is 2. The van der Waals surface area contributed by atoms with Crippen LogP contribution >= 0.6 is 0 Å². The summed E-state index contributed by atoms with van der Waals surface area (Å²) in [5, 5.41) is 8.41. The summed E-state index contributed by atoms with van der Waals surface area (Å²) in [5.74, 6) is 1.34. The molecule has 2 N–H and O–H groups in total. The lowest BCUT2D eigenvalue weighted by atomic mass is 9.71. The molecule has 154 valence electrons. The Morgan fingerprint density at radius 3 is 2.83 bits per heavy atom. The van der Waals surface area contributed by atoms with Gasteiger partial charge in [-0.15, -0.1) is 0 Å². The lowest BCUT2D eigenvalue weighted by Crippen LogP contribution is -2.56. The fraction of sp³-hybridized carbons (Fsp3) is 0.478. The smallest absolute Gasteiger partial charge is 0.258 e. The van der Waals surface area contributed by atoms with Gasteiger partial charge in [0.05, 0.1) is 0 Å². The highest BCUT2D eigenvalue weighted by molar-refractivity contribution is 5.84. The molecule has 0 radical (unpaired) electrons. The highest BCUT2D eigenvalue weighted by Crippen LogP contribution is 2.35. The van der Waals surface area contributed by atoms with Crippen LogP contribution in [0, 0.1) is 11.8 Å². The van der Waals surface area contributed by atoms with Crippen molar-refractivity contribution < 1.29 is 19.1 Å². The number of hydrogen-bond acceptors (Lipinski definition) is 4. The van der Waals surface area contributed by atoms with Crippen LogP contribution in [-0.2, 0) is 14.3 Å². The molecule has 6 nitrogen and oxygen atoms in total. The number of fused-ring (bicyclic) bond motifs is 2. The first-order valence-electron chi connectivity index (χ1n) is 10.3. The molecule has 1 heterocycles. The SMILES string of the molecule is COCC1CC(=O)NC2CC(NC(=O)COc3ccc4ccccc4c3)CCC12. The molecule has 1 aliphatic carbocycles. The number of hydrogen-bond donors (Lipinski definition) is 2. The highest BCUT2D eigenvalue weighted by Gasteiger charge is 2.40. The molecule has 1 aliphatic heterocycles. The molecular weight excluding hydrogens is 368 g/mol. The molecule has 0 aromatic heterocycles. The minimum absolute atomic E-state index is 0.0123. The number of piperidine rings is 1. The van der Waals surface area contributed by atoms with Crippen molar-refractivity contribution in [2.75, 3.05) is 20.3 Å². The summed E-state index contributed by atoms with van der Waals surface area (Å²) >= 11 is 0. The molecule has 29 heavy (non-hydrogen) atoms. The van der Waals surface area contributed by atoms with E-state index in [2.05, 4.69) is 10.6 Å². The van der Waals surface area contributed by atoms with Gasteiger partial charge in [-0.1, -0.05) is 30.3 Å². The fourth-order valence-electron chi connectivity index (χ4n) is 4.78. The van der Waals surface area contributed by atoms with Crippen molar-refractivity contribution in [2.24, 2.45) is 11.8 Å². The normalized spacial score (nSPS) is 26.4. The van der Waals surface area contributed by atoms with Gasteiger partial charge in [0.25, 0.3) is 5.91 Å². The second-order valence-corrected chi connectivity index (χ2v) is 8.13. The number of carbonyl (C=O) groups excluding carboxylic acids is 2. The summed E-state index contributed by atoms with van der Waals surface area (Å²) < 4.78 is 11.0. The van der Waals surface area contributed by atoms with Crippen LogP contribution in [0.2, 0.25) is 0 Å². The van der Waals surface area contributed by atoms with Gasteiger partial charge in [0.15, 0.2) is 6.61 Å². The van der Waals surface area contributed by atoms with E-state index in [4.69, 9.17) is 9.47 Å². The molecule has 4 unspecified atom stereocenters. The van der Waals surface area contributed by atoms with Gasteiger partial charge in [0, 0.05) is 32.2 Å². The van der Waals surface area contributed by atoms with E-state index in [9.17, 15) is 9.59 Å². The molecule has 2 aromatic carbocycles. The van der Waals surface area contributed by atoms with Crippen LogP contribution in [0.1, 0.15) is 25.7 Å². The van der Waals surface area contributed by atoms with Gasteiger partial charge < -0.3 is 20.1 Å². The molecular formula is C23H28N2O4. The van der Waals surface area contributed by atoms with Gasteiger partial charge in [-0.25, -0.2) is 0 Å². The first-order valence-corrected chi connectivity index (χ1v) is 10.3. The van der Waals surface area contributed by atoms with Crippen LogP contribution in [0.5, 0.6) is 5.75 Å². The molecule has 2 fully saturated rings. The maximum absolute atomic E-state index is 12.4. The van der Waals surface area contributed by atoms with Crippen LogP contribution in [0.15, 0.2) is 42.5 Å². The zero-order valence-electron chi connectivity index (χ0n) is 16.7. The second-order valence-electron chi connectivity index (χ2n) is 8.13. The number of methoxy groups -OCH3 is 1. The quantitative estimate of drug-likeness (QED) is 0.787. The molecule has 4 atom stereocenters. The van der Waals surface area contributed by atoms with Crippen molar-refractivity contribution >= 4 is 22.6 Å². The van der Waals surface area contributed by atoms with E-state index < -0.39 is 0 Å². The monoisotopic (exact) mass is 396 g/mol. The Morgan fingerprint density at radius 2 is 2.00 bits per heavy atom. The molecule has 1 saturated heterocycles. The Kier molecular flexibility index (Phi) is 6.00. The third-order valence-corrected chi connectivity index (χ3v) is 6.14. The Hall–Kier alpha value is -2.60. The van der Waals surface area contributed by atoms with Gasteiger partial charge in [-0.2, -0.15) is 0 Å². The predicted molar refractivity (Wildman–Crippen MR) is 111 cm³/mol. The second kappa shape index (κ2) is 8.82. The predicted octanol–water partition coefficient (Wildman–Crippen LogP) is 2.65. The zero-order chi connectivity index (χ0) is 20.2. The summed E-state index contributed by atoms with van der Waals surface area (Å²) in [7, 11) is 1.68. The van der Waals surface area contributed by atoms with Crippen LogP contribution in [0.4, 0.5) is 0 Å². The Morgan fingerprint density at radius 1 is 1.17 bits per heavy atom. The molecule has 2 aliphatic rings. The van der Waals surface area contributed by atoms with Crippen molar-refractivity contribution in [1.82, 2.24) is 10.6 Å². The van der Waals surface area contributed by atoms with E-state index >= 15 is 0 Å². The zero-order valence-corrected chi connectivity index (χ0v) is 16.7. The van der Waals surface area contributed by atoms with Crippen LogP contribution in [0.25, 0.3) is 10.8 Å². The minimum Gasteiger partial charge on any atom is -0.484 e. The molecule has 0 spiro atoms. The summed E-state index contributed by atoms with van der Waals surface area (Å²) in [6.45, 7) is 0.604. The molecule has 2 amide bonds. The van der Waals surface area contributed by atoms with Crippen molar-refractivity contribution in [3.8, 4) is 5.75 Å². The number of carbonyl (C=O) groups is 2. The van der Waals surface area contributed by atoms with Crippen LogP contribution in [-0.4, -0.2) is 44.2 Å². The number of amides is 2. The lowest BCUT2D eigenvalue weighted by molar-refractivity contribution is -0.128. The summed E-state index contributed by atoms with van der Waals surface area (Å²) in [6, 6.07) is 14.0. The topological polar surface area (TPSA) is 76.7 Å². The van der Waals surface area contributed by atoms with Gasteiger partial charge >= 0.3 is 0 Å². The summed E-state index contributed by atoms with van der Waals surface area (Å²) in [4.78, 5) is 24.4. The van der Waals surface area contributed by atoms with E-state index in [-0.39, 0.29) is 36.4 Å². The van der Waals surface area contributed by atoms with Gasteiger partial charge in [-0.3, -0.25) is 9.59 Å². The fourth-order valence-corrected chi connectivity index (χ4v) is 4.78. The number of ether oxygens (including phenoxy) is 2. The Labute approximate surface area is 170 Å². The standard InChI is InChI=1S/C23H28N2O4/c1-28-13-17-11-22(26)25-21-12-18(7-9-20(17)21)24-23(27)14-29-19-8-6-15-4-2-3-5-16(15)10-19/h2-6,8,10,17-18,20-21H,7,9,11-14H2,1H3,(H,24,27)(H,25,26). The molecule has 0 bridgehead atoms. The number of rotatable bonds is 6. The van der Waals surface area contributed by atoms with Gasteiger partial charge in [0.1, 0.15) is 5.75 Å². The van der Waals surface area contributed by atoms with Crippen molar-refractivity contribution in [3.63, 3.8) is 0 Å². The highest BCUT2D eigenvalue weighted by atomic mass is 16.5. The Bertz CT molecular complexity index is 884. The third kappa shape index (κ3) is 4.70. The maximum Gasteiger partial charge on any atom is 0.258 e. The first-order chi connectivity index (χ1) is 14.1. The molecule has 1 saturated carbocycles. The van der Waals surface area contributed by atoms with E-state index in [1.54, 1.807) is 7.11 Å². The molecule has 2 aromatic rings. The summed E-state index contributed by atoms with van der Waals surface area (Å²) in [6.07, 6.45) is 3.19. The summed E-state index contributed by atoms with van der Waals surface area (Å²) in [5.41, 5.74) is 0. The van der Waals surface area contributed by atoms with Crippen LogP contribution in [0.3, 0.4) is 0 Å². The van der Waals surface area contributed by atoms with Crippen LogP contribution < -0.4 is 15.4 Å². The number of nitrogens with one attached hydrogen (secondary N) is 2. The lowest BCUT2D eigenvalue weighted by Gasteiger charge is -2.43. The van der Waals surface area contributed by atoms with E-state index in [0.717, 1.165) is 30.0 Å². The van der Waals surface area contributed by atoms with Crippen molar-refractivity contribution in [3.05, 3.63) is 42.5 Å². The third-order valence-electron chi connectivity index (χ3n) is 6.14. The minimum atomic E-state index is -0.128. The first kappa shape index (κ1) is 19.7. The van der Waals surface area contributed by atoms with Crippen molar-refractivity contribution in [1.29, 1.82) is 0 Å². The maximum atomic E-state index is 12.4. The molecule has 4 rings (SSSR count). The van der Waals surface area contributed by atoms with Crippen molar-refractivity contribution in [2.45, 2.75) is 37.8 Å².